The largest absolute Gasteiger partial charge is 0.478 e. The van der Waals surface area contributed by atoms with Gasteiger partial charge in [-0.15, -0.1) is 0 Å². The maximum atomic E-state index is 9.88. The van der Waals surface area contributed by atoms with Gasteiger partial charge in [0.25, 0.3) is 0 Å². The summed E-state index contributed by atoms with van der Waals surface area (Å²) in [6.45, 7) is 1.17. The van der Waals surface area contributed by atoms with Crippen molar-refractivity contribution in [3.05, 3.63) is 0 Å². The van der Waals surface area contributed by atoms with Crippen LogP contribution < -0.4 is 0 Å². The highest BCUT2D eigenvalue weighted by atomic mass is 16.5. The minimum absolute atomic E-state index is 0.0789. The van der Waals surface area contributed by atoms with Crippen LogP contribution >= 0.6 is 0 Å². The maximum Gasteiger partial charge on any atom is 0.195 e. The van der Waals surface area contributed by atoms with E-state index in [0.29, 0.717) is 6.42 Å². The lowest BCUT2D eigenvalue weighted by molar-refractivity contribution is 0.0707. The van der Waals surface area contributed by atoms with Gasteiger partial charge in [-0.1, -0.05) is 84.0 Å². The third-order valence-corrected chi connectivity index (χ3v) is 5.97. The summed E-state index contributed by atoms with van der Waals surface area (Å²) in [6.07, 6.45) is 15.6. The predicted molar refractivity (Wildman–Crippen MR) is 113 cm³/mol. The molecule has 28 heavy (non-hydrogen) atoms. The fourth-order valence-corrected chi connectivity index (χ4v) is 3.72. The molecule has 0 aromatic carbocycles. The Bertz CT molecular complexity index is 419. The Labute approximate surface area is 171 Å². The van der Waals surface area contributed by atoms with E-state index in [4.69, 9.17) is 4.74 Å². The fourth-order valence-electron chi connectivity index (χ4n) is 3.72. The number of aliphatic hydroxyl groups excluding tert-OH is 4. The van der Waals surface area contributed by atoms with Gasteiger partial charge < -0.3 is 25.2 Å². The number of aliphatic imine (C=N–C) groups is 1. The highest BCUT2D eigenvalue weighted by Crippen LogP contribution is 2.33. The maximum absolute atomic E-state index is 9.88. The van der Waals surface area contributed by atoms with Crippen LogP contribution in [0.5, 0.6) is 0 Å². The molecule has 6 heteroatoms. The van der Waals surface area contributed by atoms with E-state index in [9.17, 15) is 20.4 Å². The first kappa shape index (κ1) is 25.3. The highest BCUT2D eigenvalue weighted by Gasteiger charge is 2.44. The second kappa shape index (κ2) is 14.3. The number of hydrogen-bond acceptors (Lipinski definition) is 6. The minimum Gasteiger partial charge on any atom is -0.478 e. The summed E-state index contributed by atoms with van der Waals surface area (Å²) in [5.74, 6) is 0.267. The SMILES string of the molecule is CCCCCCCCCCCCCCC(CO)(CO)C1=NC(CO)(CO)CO1. The fraction of sp³-hybridized carbons (Fsp3) is 0.955. The van der Waals surface area contributed by atoms with Crippen molar-refractivity contribution in [3.8, 4) is 0 Å². The number of hydrogen-bond donors (Lipinski definition) is 4. The van der Waals surface area contributed by atoms with Crippen LogP contribution in [0.1, 0.15) is 90.4 Å². The molecule has 166 valence electrons. The van der Waals surface area contributed by atoms with Crippen LogP contribution in [-0.4, -0.2) is 64.9 Å². The molecule has 1 aliphatic rings. The second-order valence-electron chi connectivity index (χ2n) is 8.48. The summed E-state index contributed by atoms with van der Waals surface area (Å²) in [4.78, 5) is 4.32. The van der Waals surface area contributed by atoms with Crippen LogP contribution in [0.25, 0.3) is 0 Å². The molecular formula is C22H43NO5. The average Bonchev–Trinajstić information content (AvgIpc) is 3.18. The molecule has 0 unspecified atom stereocenters. The van der Waals surface area contributed by atoms with Gasteiger partial charge in [0.15, 0.2) is 5.90 Å². The molecule has 4 N–H and O–H groups in total. The Morgan fingerprint density at radius 2 is 1.25 bits per heavy atom. The lowest BCUT2D eigenvalue weighted by atomic mass is 9.83. The molecule has 1 heterocycles. The van der Waals surface area contributed by atoms with Crippen LogP contribution in [-0.2, 0) is 4.74 Å². The van der Waals surface area contributed by atoms with Crippen LogP contribution in [0.3, 0.4) is 0 Å². The Morgan fingerprint density at radius 3 is 1.64 bits per heavy atom. The Balaban J connectivity index is 2.24. The first-order valence-corrected chi connectivity index (χ1v) is 11.3. The molecule has 0 amide bonds. The van der Waals surface area contributed by atoms with Crippen LogP contribution in [0, 0.1) is 5.41 Å². The Morgan fingerprint density at radius 1 is 0.786 bits per heavy atom. The highest BCUT2D eigenvalue weighted by molar-refractivity contribution is 5.85. The van der Waals surface area contributed by atoms with Crippen molar-refractivity contribution < 1.29 is 25.2 Å². The lowest BCUT2D eigenvalue weighted by Crippen LogP contribution is -2.39. The van der Waals surface area contributed by atoms with Crippen molar-refractivity contribution in [2.45, 2.75) is 95.9 Å². The number of ether oxygens (including phenoxy) is 1. The molecule has 0 radical (unpaired) electrons. The van der Waals surface area contributed by atoms with Gasteiger partial charge in [0, 0.05) is 0 Å². The molecule has 0 saturated carbocycles. The number of aliphatic hydroxyl groups is 4. The van der Waals surface area contributed by atoms with E-state index in [1.54, 1.807) is 0 Å². The van der Waals surface area contributed by atoms with Gasteiger partial charge in [-0.05, 0) is 6.42 Å². The smallest absolute Gasteiger partial charge is 0.195 e. The van der Waals surface area contributed by atoms with Crippen LogP contribution in [0.2, 0.25) is 0 Å². The van der Waals surface area contributed by atoms with Crippen molar-refractivity contribution in [2.24, 2.45) is 10.4 Å². The first-order valence-electron chi connectivity index (χ1n) is 11.3. The number of rotatable bonds is 18. The standard InChI is InChI=1S/C22H43NO5/c1-2-3-4-5-6-7-8-9-10-11-12-13-14-21(15-24,16-25)20-23-22(17-26,18-27)19-28-20/h24-27H,2-19H2,1H3. The average molecular weight is 402 g/mol. The zero-order chi connectivity index (χ0) is 20.7. The van der Waals surface area contributed by atoms with E-state index in [1.807, 2.05) is 0 Å². The van der Waals surface area contributed by atoms with Crippen LogP contribution in [0.4, 0.5) is 0 Å². The molecule has 0 aromatic heterocycles. The molecule has 0 bridgehead atoms. The van der Waals surface area contributed by atoms with Crippen molar-refractivity contribution in [1.29, 1.82) is 0 Å². The summed E-state index contributed by atoms with van der Waals surface area (Å²) in [5.41, 5.74) is -1.98. The van der Waals surface area contributed by atoms with E-state index in [-0.39, 0.29) is 38.9 Å². The van der Waals surface area contributed by atoms with Gasteiger partial charge in [-0.3, -0.25) is 0 Å². The molecule has 6 nitrogen and oxygen atoms in total. The van der Waals surface area contributed by atoms with Gasteiger partial charge in [0.05, 0.1) is 31.8 Å². The number of unbranched alkanes of at least 4 members (excludes halogenated alkanes) is 11. The van der Waals surface area contributed by atoms with E-state index in [1.165, 1.54) is 57.8 Å². The first-order chi connectivity index (χ1) is 13.6. The normalized spacial score (nSPS) is 16.2. The van der Waals surface area contributed by atoms with Crippen molar-refractivity contribution >= 4 is 5.90 Å². The van der Waals surface area contributed by atoms with E-state index in [0.717, 1.165) is 19.3 Å². The number of nitrogens with zero attached hydrogens (tertiary/aromatic N) is 1. The molecule has 0 aliphatic carbocycles. The minimum atomic E-state index is -1.05. The van der Waals surface area contributed by atoms with Gasteiger partial charge >= 0.3 is 0 Å². The van der Waals surface area contributed by atoms with Gasteiger partial charge in [-0.25, -0.2) is 4.99 Å². The molecule has 0 aromatic rings. The second-order valence-corrected chi connectivity index (χ2v) is 8.48. The monoisotopic (exact) mass is 401 g/mol. The molecule has 0 fully saturated rings. The van der Waals surface area contributed by atoms with E-state index in [2.05, 4.69) is 11.9 Å². The van der Waals surface area contributed by atoms with Crippen molar-refractivity contribution in [1.82, 2.24) is 0 Å². The molecule has 0 atom stereocenters. The summed E-state index contributed by atoms with van der Waals surface area (Å²) < 4.78 is 5.57. The summed E-state index contributed by atoms with van der Waals surface area (Å²) in [6, 6.07) is 0. The summed E-state index contributed by atoms with van der Waals surface area (Å²) >= 11 is 0. The third-order valence-electron chi connectivity index (χ3n) is 5.97. The zero-order valence-corrected chi connectivity index (χ0v) is 17.9. The topological polar surface area (TPSA) is 103 Å². The third kappa shape index (κ3) is 7.97. The van der Waals surface area contributed by atoms with Gasteiger partial charge in [-0.2, -0.15) is 0 Å². The van der Waals surface area contributed by atoms with Crippen LogP contribution in [0.15, 0.2) is 4.99 Å². The summed E-state index contributed by atoms with van der Waals surface area (Å²) in [7, 11) is 0. The molecule has 0 spiro atoms. The van der Waals surface area contributed by atoms with E-state index >= 15 is 0 Å². The van der Waals surface area contributed by atoms with Crippen molar-refractivity contribution in [3.63, 3.8) is 0 Å². The van der Waals surface area contributed by atoms with E-state index < -0.39 is 11.0 Å². The quantitative estimate of drug-likeness (QED) is 0.264. The zero-order valence-electron chi connectivity index (χ0n) is 17.9. The van der Waals surface area contributed by atoms with Gasteiger partial charge in [0.1, 0.15) is 12.1 Å². The molecular weight excluding hydrogens is 358 g/mol. The molecule has 1 aliphatic heterocycles. The van der Waals surface area contributed by atoms with Crippen molar-refractivity contribution in [2.75, 3.05) is 33.0 Å². The lowest BCUT2D eigenvalue weighted by Gasteiger charge is -2.28. The Hall–Kier alpha value is -0.690. The molecule has 1 rings (SSSR count). The van der Waals surface area contributed by atoms with Gasteiger partial charge in [0.2, 0.25) is 0 Å². The predicted octanol–water partition coefficient (Wildman–Crippen LogP) is 3.20. The molecule has 0 saturated heterocycles. The Kier molecular flexibility index (Phi) is 13.0. The summed E-state index contributed by atoms with van der Waals surface area (Å²) in [5, 5.41) is 38.7.